The van der Waals surface area contributed by atoms with Gasteiger partial charge in [0.25, 0.3) is 10.2 Å². The van der Waals surface area contributed by atoms with Gasteiger partial charge in [-0.3, -0.25) is 0 Å². The number of fused-ring (bicyclic) bond motifs is 1. The largest absolute Gasteiger partial charge is 0.454 e. The molecule has 134 valence electrons. The van der Waals surface area contributed by atoms with Crippen LogP contribution in [-0.2, 0) is 21.5 Å². The molecular formula is C16H24N2O5S. The summed E-state index contributed by atoms with van der Waals surface area (Å²) in [5, 5.41) is 0. The number of benzene rings is 1. The predicted molar refractivity (Wildman–Crippen MR) is 89.2 cm³/mol. The quantitative estimate of drug-likeness (QED) is 0.801. The highest BCUT2D eigenvalue weighted by Crippen LogP contribution is 2.33. The fourth-order valence-corrected chi connectivity index (χ4v) is 4.84. The third-order valence-corrected chi connectivity index (χ3v) is 6.18. The van der Waals surface area contributed by atoms with E-state index in [9.17, 15) is 8.42 Å². The molecule has 24 heavy (non-hydrogen) atoms. The normalized spacial score (nSPS) is 24.5. The molecule has 1 aromatic rings. The SMILES string of the molecule is CCN(Cc1ccc2c(c1)OCO2)S(=O)(=O)N1CC(C)OC(C)C1. The number of nitrogens with zero attached hydrogens (tertiary/aromatic N) is 2. The van der Waals surface area contributed by atoms with Crippen molar-refractivity contribution in [3.05, 3.63) is 23.8 Å². The lowest BCUT2D eigenvalue weighted by atomic mass is 10.2. The molecule has 0 bridgehead atoms. The van der Waals surface area contributed by atoms with E-state index in [-0.39, 0.29) is 19.0 Å². The molecule has 1 fully saturated rings. The van der Waals surface area contributed by atoms with Gasteiger partial charge in [-0.15, -0.1) is 0 Å². The molecule has 0 aliphatic carbocycles. The average molecular weight is 356 g/mol. The molecule has 1 aromatic carbocycles. The van der Waals surface area contributed by atoms with Crippen molar-refractivity contribution in [2.45, 2.75) is 39.5 Å². The Labute approximate surface area is 143 Å². The highest BCUT2D eigenvalue weighted by atomic mass is 32.2. The second-order valence-electron chi connectivity index (χ2n) is 6.20. The van der Waals surface area contributed by atoms with Crippen molar-refractivity contribution in [3.63, 3.8) is 0 Å². The van der Waals surface area contributed by atoms with Crippen LogP contribution in [0.2, 0.25) is 0 Å². The maximum Gasteiger partial charge on any atom is 0.282 e. The summed E-state index contributed by atoms with van der Waals surface area (Å²) in [6.07, 6.45) is -0.208. The Morgan fingerprint density at radius 1 is 1.17 bits per heavy atom. The molecule has 2 heterocycles. The Bertz CT molecular complexity index is 684. The maximum absolute atomic E-state index is 13.0. The molecule has 7 nitrogen and oxygen atoms in total. The Morgan fingerprint density at radius 3 is 2.50 bits per heavy atom. The predicted octanol–water partition coefficient (Wildman–Crippen LogP) is 1.59. The molecule has 1 saturated heterocycles. The highest BCUT2D eigenvalue weighted by molar-refractivity contribution is 7.86. The molecule has 0 spiro atoms. The van der Waals surface area contributed by atoms with E-state index in [2.05, 4.69) is 0 Å². The van der Waals surface area contributed by atoms with Gasteiger partial charge in [-0.25, -0.2) is 0 Å². The smallest absolute Gasteiger partial charge is 0.282 e. The first kappa shape index (κ1) is 17.5. The van der Waals surface area contributed by atoms with Gasteiger partial charge >= 0.3 is 0 Å². The Morgan fingerprint density at radius 2 is 1.83 bits per heavy atom. The lowest BCUT2D eigenvalue weighted by Gasteiger charge is -2.37. The first-order valence-corrected chi connectivity index (χ1v) is 9.59. The van der Waals surface area contributed by atoms with Gasteiger partial charge in [-0.05, 0) is 31.5 Å². The van der Waals surface area contributed by atoms with Crippen LogP contribution in [0.1, 0.15) is 26.3 Å². The van der Waals surface area contributed by atoms with Crippen molar-refractivity contribution in [2.75, 3.05) is 26.4 Å². The van der Waals surface area contributed by atoms with Crippen molar-refractivity contribution in [2.24, 2.45) is 0 Å². The van der Waals surface area contributed by atoms with Crippen LogP contribution in [0.5, 0.6) is 11.5 Å². The Balaban J connectivity index is 1.77. The van der Waals surface area contributed by atoms with Crippen LogP contribution < -0.4 is 9.47 Å². The van der Waals surface area contributed by atoms with E-state index >= 15 is 0 Å². The van der Waals surface area contributed by atoms with Crippen LogP contribution in [0.25, 0.3) is 0 Å². The Kier molecular flexibility index (Phi) is 5.00. The van der Waals surface area contributed by atoms with Gasteiger partial charge in [-0.2, -0.15) is 17.0 Å². The standard InChI is InChI=1S/C16H24N2O5S/c1-4-17(10-14-5-6-15-16(7-14)22-11-21-15)24(19,20)18-8-12(2)23-13(3)9-18/h5-7,12-13H,4,8-11H2,1-3H3. The number of morpholine rings is 1. The summed E-state index contributed by atoms with van der Waals surface area (Å²) in [5.74, 6) is 1.36. The number of rotatable bonds is 5. The molecular weight excluding hydrogens is 332 g/mol. The maximum atomic E-state index is 13.0. The van der Waals surface area contributed by atoms with Crippen molar-refractivity contribution in [1.82, 2.24) is 8.61 Å². The second kappa shape index (κ2) is 6.87. The van der Waals surface area contributed by atoms with Crippen molar-refractivity contribution in [3.8, 4) is 11.5 Å². The summed E-state index contributed by atoms with van der Waals surface area (Å²) in [7, 11) is -3.54. The Hall–Kier alpha value is -1.35. The third-order valence-electron chi connectivity index (χ3n) is 4.19. The molecule has 0 amide bonds. The topological polar surface area (TPSA) is 68.3 Å². The minimum Gasteiger partial charge on any atom is -0.454 e. The van der Waals surface area contributed by atoms with Gasteiger partial charge in [0.15, 0.2) is 11.5 Å². The highest BCUT2D eigenvalue weighted by Gasteiger charge is 2.34. The number of ether oxygens (including phenoxy) is 3. The summed E-state index contributed by atoms with van der Waals surface area (Å²) in [4.78, 5) is 0. The van der Waals surface area contributed by atoms with Crippen molar-refractivity contribution < 1.29 is 22.6 Å². The molecule has 2 aliphatic rings. The molecule has 0 saturated carbocycles. The molecule has 3 rings (SSSR count). The third kappa shape index (κ3) is 3.51. The molecule has 8 heteroatoms. The minimum absolute atomic E-state index is 0.104. The van der Waals surface area contributed by atoms with Crippen molar-refractivity contribution >= 4 is 10.2 Å². The van der Waals surface area contributed by atoms with E-state index in [4.69, 9.17) is 14.2 Å². The first-order chi connectivity index (χ1) is 11.4. The van der Waals surface area contributed by atoms with Crippen LogP contribution in [-0.4, -0.2) is 55.7 Å². The van der Waals surface area contributed by atoms with Crippen LogP contribution >= 0.6 is 0 Å². The number of hydrogen-bond acceptors (Lipinski definition) is 5. The van der Waals surface area contributed by atoms with E-state index in [0.29, 0.717) is 37.7 Å². The molecule has 2 atom stereocenters. The van der Waals surface area contributed by atoms with Crippen LogP contribution in [0, 0.1) is 0 Å². The zero-order chi connectivity index (χ0) is 17.3. The summed E-state index contributed by atoms with van der Waals surface area (Å²) in [5.41, 5.74) is 0.874. The van der Waals surface area contributed by atoms with Gasteiger partial charge in [0.05, 0.1) is 12.2 Å². The summed E-state index contributed by atoms with van der Waals surface area (Å²) in [6.45, 7) is 7.30. The fourth-order valence-electron chi connectivity index (χ4n) is 3.08. The monoisotopic (exact) mass is 356 g/mol. The zero-order valence-corrected chi connectivity index (χ0v) is 15.1. The lowest BCUT2D eigenvalue weighted by molar-refractivity contribution is -0.0455. The van der Waals surface area contributed by atoms with Gasteiger partial charge in [0.2, 0.25) is 6.79 Å². The molecule has 2 aliphatic heterocycles. The van der Waals surface area contributed by atoms with Gasteiger partial charge in [0.1, 0.15) is 0 Å². The summed E-state index contributed by atoms with van der Waals surface area (Å²) < 4.78 is 45.3. The summed E-state index contributed by atoms with van der Waals surface area (Å²) >= 11 is 0. The zero-order valence-electron chi connectivity index (χ0n) is 14.3. The van der Waals surface area contributed by atoms with Crippen LogP contribution in [0.15, 0.2) is 18.2 Å². The number of hydrogen-bond donors (Lipinski definition) is 0. The van der Waals surface area contributed by atoms with Crippen LogP contribution in [0.3, 0.4) is 0 Å². The van der Waals surface area contributed by atoms with E-state index in [1.54, 1.807) is 0 Å². The van der Waals surface area contributed by atoms with Gasteiger partial charge in [0, 0.05) is 26.2 Å². The van der Waals surface area contributed by atoms with Crippen LogP contribution in [0.4, 0.5) is 0 Å². The molecule has 0 aromatic heterocycles. The van der Waals surface area contributed by atoms with E-state index in [1.165, 1.54) is 8.61 Å². The van der Waals surface area contributed by atoms with E-state index < -0.39 is 10.2 Å². The van der Waals surface area contributed by atoms with Gasteiger partial charge < -0.3 is 14.2 Å². The van der Waals surface area contributed by atoms with E-state index in [0.717, 1.165) is 5.56 Å². The van der Waals surface area contributed by atoms with E-state index in [1.807, 2.05) is 39.0 Å². The molecule has 0 N–H and O–H groups in total. The minimum atomic E-state index is -3.54. The van der Waals surface area contributed by atoms with Gasteiger partial charge in [-0.1, -0.05) is 13.0 Å². The first-order valence-electron chi connectivity index (χ1n) is 8.19. The lowest BCUT2D eigenvalue weighted by Crippen LogP contribution is -2.52. The van der Waals surface area contributed by atoms with Crippen molar-refractivity contribution in [1.29, 1.82) is 0 Å². The second-order valence-corrected chi connectivity index (χ2v) is 8.12. The molecule has 0 radical (unpaired) electrons. The average Bonchev–Trinajstić information content (AvgIpc) is 2.99. The summed E-state index contributed by atoms with van der Waals surface area (Å²) in [6, 6.07) is 5.53. The fraction of sp³-hybridized carbons (Fsp3) is 0.625. The molecule has 2 unspecified atom stereocenters.